The Labute approximate surface area is 94.7 Å². The van der Waals surface area contributed by atoms with Crippen LogP contribution in [-0.2, 0) is 0 Å². The molecule has 1 aliphatic rings. The Morgan fingerprint density at radius 3 is 2.80 bits per heavy atom. The lowest BCUT2D eigenvalue weighted by molar-refractivity contribution is 0.135. The van der Waals surface area contributed by atoms with Gasteiger partial charge in [0.25, 0.3) is 0 Å². The molecule has 1 heterocycles. The third-order valence-electron chi connectivity index (χ3n) is 3.54. The number of unbranched alkanes of at least 4 members (excludes halogenated alkanes) is 1. The zero-order valence-corrected chi connectivity index (χ0v) is 10.4. The number of likely N-dealkylation sites (tertiary alicyclic amines) is 1. The Kier molecular flexibility index (Phi) is 6.26. The van der Waals surface area contributed by atoms with E-state index in [-0.39, 0.29) is 6.10 Å². The van der Waals surface area contributed by atoms with Crippen LogP contribution < -0.4 is 0 Å². The SMILES string of the molecule is CCC1CCCCN1CCCCC(C)O. The Morgan fingerprint density at radius 1 is 1.33 bits per heavy atom. The van der Waals surface area contributed by atoms with Crippen LogP contribution in [0.25, 0.3) is 0 Å². The van der Waals surface area contributed by atoms with Gasteiger partial charge in [-0.1, -0.05) is 13.3 Å². The van der Waals surface area contributed by atoms with Gasteiger partial charge in [0.1, 0.15) is 0 Å². The molecule has 0 aromatic heterocycles. The lowest BCUT2D eigenvalue weighted by Gasteiger charge is -2.35. The molecule has 1 rings (SSSR count). The summed E-state index contributed by atoms with van der Waals surface area (Å²) in [6.45, 7) is 6.73. The van der Waals surface area contributed by atoms with Crippen LogP contribution in [-0.4, -0.2) is 35.2 Å². The van der Waals surface area contributed by atoms with E-state index in [1.807, 2.05) is 6.92 Å². The van der Waals surface area contributed by atoms with Crippen molar-refractivity contribution >= 4 is 0 Å². The third-order valence-corrected chi connectivity index (χ3v) is 3.54. The maximum Gasteiger partial charge on any atom is 0.0512 e. The van der Waals surface area contributed by atoms with E-state index in [2.05, 4.69) is 11.8 Å². The molecule has 0 aliphatic carbocycles. The van der Waals surface area contributed by atoms with Crippen molar-refractivity contribution in [1.82, 2.24) is 4.90 Å². The standard InChI is InChI=1S/C13H27NO/c1-3-13-9-5-7-11-14(13)10-6-4-8-12(2)15/h12-13,15H,3-11H2,1-2H3. The fourth-order valence-corrected chi connectivity index (χ4v) is 2.57. The molecule has 2 unspecified atom stereocenters. The number of aliphatic hydroxyl groups is 1. The average Bonchev–Trinajstić information content (AvgIpc) is 2.24. The molecule has 15 heavy (non-hydrogen) atoms. The highest BCUT2D eigenvalue weighted by Gasteiger charge is 2.19. The zero-order valence-electron chi connectivity index (χ0n) is 10.4. The zero-order chi connectivity index (χ0) is 11.1. The molecule has 90 valence electrons. The Bertz CT molecular complexity index is 159. The first kappa shape index (κ1) is 13.0. The molecule has 0 saturated carbocycles. The topological polar surface area (TPSA) is 23.5 Å². The molecule has 0 aromatic carbocycles. The number of rotatable bonds is 6. The van der Waals surface area contributed by atoms with Gasteiger partial charge in [-0.2, -0.15) is 0 Å². The van der Waals surface area contributed by atoms with Crippen LogP contribution in [0.5, 0.6) is 0 Å². The van der Waals surface area contributed by atoms with Crippen molar-refractivity contribution in [3.8, 4) is 0 Å². The first-order chi connectivity index (χ1) is 7.24. The molecule has 0 bridgehead atoms. The van der Waals surface area contributed by atoms with Gasteiger partial charge in [-0.05, 0) is 58.5 Å². The van der Waals surface area contributed by atoms with Gasteiger partial charge in [0, 0.05) is 6.04 Å². The van der Waals surface area contributed by atoms with Crippen molar-refractivity contribution < 1.29 is 5.11 Å². The number of piperidine rings is 1. The highest BCUT2D eigenvalue weighted by Crippen LogP contribution is 2.19. The summed E-state index contributed by atoms with van der Waals surface area (Å²) in [7, 11) is 0. The molecule has 0 amide bonds. The van der Waals surface area contributed by atoms with E-state index >= 15 is 0 Å². The fourth-order valence-electron chi connectivity index (χ4n) is 2.57. The van der Waals surface area contributed by atoms with Crippen molar-refractivity contribution in [2.45, 2.75) is 70.9 Å². The average molecular weight is 213 g/mol. The van der Waals surface area contributed by atoms with Gasteiger partial charge in [0.15, 0.2) is 0 Å². The second-order valence-corrected chi connectivity index (χ2v) is 4.94. The van der Waals surface area contributed by atoms with E-state index in [1.165, 1.54) is 51.6 Å². The first-order valence-electron chi connectivity index (χ1n) is 6.66. The third kappa shape index (κ3) is 4.98. The molecule has 2 atom stereocenters. The predicted octanol–water partition coefficient (Wildman–Crippen LogP) is 2.80. The highest BCUT2D eigenvalue weighted by molar-refractivity contribution is 4.75. The number of hydrogen-bond donors (Lipinski definition) is 1. The van der Waals surface area contributed by atoms with E-state index < -0.39 is 0 Å². The maximum atomic E-state index is 9.17. The minimum Gasteiger partial charge on any atom is -0.393 e. The summed E-state index contributed by atoms with van der Waals surface area (Å²) in [6, 6.07) is 0.838. The quantitative estimate of drug-likeness (QED) is 0.686. The summed E-state index contributed by atoms with van der Waals surface area (Å²) in [5.74, 6) is 0. The molecule has 2 heteroatoms. The van der Waals surface area contributed by atoms with Crippen LogP contribution in [0, 0.1) is 0 Å². The molecule has 1 saturated heterocycles. The van der Waals surface area contributed by atoms with Gasteiger partial charge >= 0.3 is 0 Å². The summed E-state index contributed by atoms with van der Waals surface area (Å²) in [4.78, 5) is 2.66. The smallest absolute Gasteiger partial charge is 0.0512 e. The predicted molar refractivity (Wildman–Crippen MR) is 65.0 cm³/mol. The minimum absolute atomic E-state index is 0.117. The molecule has 2 nitrogen and oxygen atoms in total. The molecule has 1 fully saturated rings. The van der Waals surface area contributed by atoms with Crippen LogP contribution in [0.4, 0.5) is 0 Å². The van der Waals surface area contributed by atoms with Crippen LogP contribution >= 0.6 is 0 Å². The summed E-state index contributed by atoms with van der Waals surface area (Å²) in [5, 5.41) is 9.17. The normalized spacial score (nSPS) is 25.4. The van der Waals surface area contributed by atoms with Crippen LogP contribution in [0.2, 0.25) is 0 Å². The van der Waals surface area contributed by atoms with Gasteiger partial charge in [-0.25, -0.2) is 0 Å². The first-order valence-corrected chi connectivity index (χ1v) is 6.66. The molecule has 1 N–H and O–H groups in total. The molecule has 0 radical (unpaired) electrons. The summed E-state index contributed by atoms with van der Waals surface area (Å²) >= 11 is 0. The van der Waals surface area contributed by atoms with Gasteiger partial charge in [0.2, 0.25) is 0 Å². The minimum atomic E-state index is -0.117. The molecule has 1 aliphatic heterocycles. The Balaban J connectivity index is 2.12. The second-order valence-electron chi connectivity index (χ2n) is 4.94. The van der Waals surface area contributed by atoms with E-state index in [0.29, 0.717) is 0 Å². The van der Waals surface area contributed by atoms with E-state index in [4.69, 9.17) is 0 Å². The summed E-state index contributed by atoms with van der Waals surface area (Å²) < 4.78 is 0. The Morgan fingerprint density at radius 2 is 2.13 bits per heavy atom. The van der Waals surface area contributed by atoms with E-state index in [1.54, 1.807) is 0 Å². The van der Waals surface area contributed by atoms with E-state index in [9.17, 15) is 5.11 Å². The number of hydrogen-bond acceptors (Lipinski definition) is 2. The summed E-state index contributed by atoms with van der Waals surface area (Å²) in [5.41, 5.74) is 0. The monoisotopic (exact) mass is 213 g/mol. The fraction of sp³-hybridized carbons (Fsp3) is 1.00. The molecular formula is C13H27NO. The maximum absolute atomic E-state index is 9.17. The summed E-state index contributed by atoms with van der Waals surface area (Å²) in [6.07, 6.45) is 8.77. The molecule has 0 spiro atoms. The molecular weight excluding hydrogens is 186 g/mol. The van der Waals surface area contributed by atoms with Crippen molar-refractivity contribution in [3.63, 3.8) is 0 Å². The van der Waals surface area contributed by atoms with E-state index in [0.717, 1.165) is 12.5 Å². The van der Waals surface area contributed by atoms with Crippen molar-refractivity contribution in [2.75, 3.05) is 13.1 Å². The van der Waals surface area contributed by atoms with Gasteiger partial charge in [-0.15, -0.1) is 0 Å². The molecule has 0 aromatic rings. The van der Waals surface area contributed by atoms with Crippen LogP contribution in [0.3, 0.4) is 0 Å². The lowest BCUT2D eigenvalue weighted by atomic mass is 9.99. The Hall–Kier alpha value is -0.0800. The van der Waals surface area contributed by atoms with Crippen LogP contribution in [0.15, 0.2) is 0 Å². The van der Waals surface area contributed by atoms with Gasteiger partial charge in [0.05, 0.1) is 6.10 Å². The highest BCUT2D eigenvalue weighted by atomic mass is 16.3. The number of aliphatic hydroxyl groups excluding tert-OH is 1. The van der Waals surface area contributed by atoms with Crippen molar-refractivity contribution in [2.24, 2.45) is 0 Å². The van der Waals surface area contributed by atoms with Crippen molar-refractivity contribution in [1.29, 1.82) is 0 Å². The number of nitrogens with zero attached hydrogens (tertiary/aromatic N) is 1. The lowest BCUT2D eigenvalue weighted by Crippen LogP contribution is -2.39. The largest absolute Gasteiger partial charge is 0.393 e. The van der Waals surface area contributed by atoms with Gasteiger partial charge < -0.3 is 10.0 Å². The second kappa shape index (κ2) is 7.24. The van der Waals surface area contributed by atoms with Crippen LogP contribution in [0.1, 0.15) is 58.8 Å². The van der Waals surface area contributed by atoms with Gasteiger partial charge in [-0.3, -0.25) is 0 Å². The van der Waals surface area contributed by atoms with Crippen molar-refractivity contribution in [3.05, 3.63) is 0 Å².